The smallest absolute Gasteiger partial charge is 0.313 e. The van der Waals surface area contributed by atoms with Crippen LogP contribution in [0, 0.1) is 17.3 Å². The topological polar surface area (TPSA) is 41.6 Å². The molecule has 0 unspecified atom stereocenters. The average molecular weight is 291 g/mol. The van der Waals surface area contributed by atoms with Gasteiger partial charge in [0.15, 0.2) is 0 Å². The molecule has 5 heteroatoms. The first-order valence-electron chi connectivity index (χ1n) is 7.07. The molecule has 1 N–H and O–H groups in total. The van der Waals surface area contributed by atoms with Gasteiger partial charge in [0.2, 0.25) is 0 Å². The Morgan fingerprint density at radius 1 is 1.42 bits per heavy atom. The van der Waals surface area contributed by atoms with Gasteiger partial charge in [0.1, 0.15) is 0 Å². The van der Waals surface area contributed by atoms with Crippen LogP contribution in [0.1, 0.15) is 26.7 Å². The first-order chi connectivity index (χ1) is 8.56. The maximum absolute atomic E-state index is 11.9. The van der Waals surface area contributed by atoms with Crippen LogP contribution in [-0.4, -0.2) is 50.7 Å². The van der Waals surface area contributed by atoms with Crippen molar-refractivity contribution in [1.82, 2.24) is 10.2 Å². The number of methoxy groups -OCH3 is 1. The van der Waals surface area contributed by atoms with Gasteiger partial charge < -0.3 is 15.0 Å². The molecule has 2 saturated heterocycles. The minimum Gasteiger partial charge on any atom is -0.469 e. The third-order valence-electron chi connectivity index (χ3n) is 4.80. The van der Waals surface area contributed by atoms with Crippen molar-refractivity contribution < 1.29 is 9.53 Å². The fourth-order valence-corrected chi connectivity index (χ4v) is 3.34. The van der Waals surface area contributed by atoms with Crippen LogP contribution in [0.3, 0.4) is 0 Å². The molecule has 0 aromatic carbocycles. The predicted molar refractivity (Wildman–Crippen MR) is 78.6 cm³/mol. The summed E-state index contributed by atoms with van der Waals surface area (Å²) in [5, 5.41) is 3.40. The van der Waals surface area contributed by atoms with Crippen LogP contribution in [0.4, 0.5) is 0 Å². The monoisotopic (exact) mass is 290 g/mol. The number of carbonyl (C=O) groups is 1. The molecule has 2 heterocycles. The van der Waals surface area contributed by atoms with Gasteiger partial charge in [-0.3, -0.25) is 4.79 Å². The lowest BCUT2D eigenvalue weighted by molar-refractivity contribution is -0.152. The van der Waals surface area contributed by atoms with Crippen molar-refractivity contribution in [3.8, 4) is 0 Å². The first kappa shape index (κ1) is 16.7. The third-order valence-corrected chi connectivity index (χ3v) is 4.80. The Bertz CT molecular complexity index is 308. The zero-order chi connectivity index (χ0) is 13.2. The molecule has 0 radical (unpaired) electrons. The summed E-state index contributed by atoms with van der Waals surface area (Å²) < 4.78 is 4.97. The number of hydrogen-bond donors (Lipinski definition) is 1. The molecule has 0 aromatic rings. The summed E-state index contributed by atoms with van der Waals surface area (Å²) in [6, 6.07) is 0. The Morgan fingerprint density at radius 3 is 2.63 bits per heavy atom. The lowest BCUT2D eigenvalue weighted by Gasteiger charge is -2.28. The van der Waals surface area contributed by atoms with E-state index in [1.165, 1.54) is 20.0 Å². The molecule has 0 saturated carbocycles. The molecular weight excluding hydrogens is 264 g/mol. The van der Waals surface area contributed by atoms with Gasteiger partial charge in [0, 0.05) is 19.6 Å². The van der Waals surface area contributed by atoms with E-state index in [9.17, 15) is 4.79 Å². The van der Waals surface area contributed by atoms with Crippen molar-refractivity contribution in [2.24, 2.45) is 17.3 Å². The number of halogens is 1. The highest BCUT2D eigenvalue weighted by Crippen LogP contribution is 2.37. The van der Waals surface area contributed by atoms with Gasteiger partial charge in [-0.05, 0) is 44.7 Å². The molecule has 0 spiro atoms. The second-order valence-electron chi connectivity index (χ2n) is 6.20. The van der Waals surface area contributed by atoms with Gasteiger partial charge >= 0.3 is 5.97 Å². The highest BCUT2D eigenvalue weighted by Gasteiger charge is 2.47. The Kier molecular flexibility index (Phi) is 6.09. The molecule has 0 aliphatic carbocycles. The number of piperidine rings is 1. The van der Waals surface area contributed by atoms with E-state index in [0.717, 1.165) is 38.6 Å². The van der Waals surface area contributed by atoms with E-state index in [2.05, 4.69) is 17.1 Å². The number of rotatable bonds is 3. The Hall–Kier alpha value is -0.320. The van der Waals surface area contributed by atoms with E-state index in [4.69, 9.17) is 4.74 Å². The summed E-state index contributed by atoms with van der Waals surface area (Å²) in [7, 11) is 1.50. The number of hydrogen-bond acceptors (Lipinski definition) is 4. The Morgan fingerprint density at radius 2 is 2.05 bits per heavy atom. The number of likely N-dealkylation sites (tertiary alicyclic amines) is 1. The summed E-state index contributed by atoms with van der Waals surface area (Å²) in [6.07, 6.45) is 2.53. The van der Waals surface area contributed by atoms with Crippen molar-refractivity contribution >= 4 is 18.4 Å². The zero-order valence-electron chi connectivity index (χ0n) is 12.3. The van der Waals surface area contributed by atoms with E-state index in [-0.39, 0.29) is 23.8 Å². The van der Waals surface area contributed by atoms with Gasteiger partial charge in [-0.2, -0.15) is 0 Å². The fourth-order valence-electron chi connectivity index (χ4n) is 3.34. The van der Waals surface area contributed by atoms with E-state index in [1.54, 1.807) is 0 Å². The maximum Gasteiger partial charge on any atom is 0.313 e. The molecule has 112 valence electrons. The average Bonchev–Trinajstić information content (AvgIpc) is 2.66. The third kappa shape index (κ3) is 3.61. The highest BCUT2D eigenvalue weighted by molar-refractivity contribution is 5.85. The zero-order valence-corrected chi connectivity index (χ0v) is 13.1. The van der Waals surface area contributed by atoms with Crippen LogP contribution in [0.5, 0.6) is 0 Å². The lowest BCUT2D eigenvalue weighted by Crippen LogP contribution is -2.38. The van der Waals surface area contributed by atoms with Crippen molar-refractivity contribution in [2.75, 3.05) is 39.8 Å². The van der Waals surface area contributed by atoms with Gasteiger partial charge in [-0.1, -0.05) is 6.92 Å². The van der Waals surface area contributed by atoms with Gasteiger partial charge in [-0.15, -0.1) is 12.4 Å². The van der Waals surface area contributed by atoms with Gasteiger partial charge in [-0.25, -0.2) is 0 Å². The minimum atomic E-state index is -0.318. The van der Waals surface area contributed by atoms with Crippen molar-refractivity contribution in [2.45, 2.75) is 26.7 Å². The largest absolute Gasteiger partial charge is 0.469 e. The Balaban J connectivity index is 0.00000180. The van der Waals surface area contributed by atoms with E-state index >= 15 is 0 Å². The van der Waals surface area contributed by atoms with Crippen LogP contribution in [0.15, 0.2) is 0 Å². The first-order valence-corrected chi connectivity index (χ1v) is 7.07. The maximum atomic E-state index is 11.9. The van der Waals surface area contributed by atoms with Crippen LogP contribution >= 0.6 is 12.4 Å². The lowest BCUT2D eigenvalue weighted by atomic mass is 9.81. The second-order valence-corrected chi connectivity index (χ2v) is 6.20. The molecule has 2 fully saturated rings. The number of nitrogens with zero attached hydrogens (tertiary/aromatic N) is 1. The SMILES string of the molecule is COC(=O)[C@]1(C)CN(CC2CCNCC2)C[C@H]1C.Cl. The predicted octanol–water partition coefficient (Wildman–Crippen LogP) is 1.54. The molecular formula is C14H27ClN2O2. The van der Waals surface area contributed by atoms with Crippen molar-refractivity contribution in [1.29, 1.82) is 0 Å². The number of carbonyl (C=O) groups excluding carboxylic acids is 1. The highest BCUT2D eigenvalue weighted by atomic mass is 35.5. The molecule has 2 atom stereocenters. The minimum absolute atomic E-state index is 0. The number of nitrogens with one attached hydrogen (secondary N) is 1. The number of esters is 1. The summed E-state index contributed by atoms with van der Waals surface area (Å²) in [6.45, 7) is 9.51. The summed E-state index contributed by atoms with van der Waals surface area (Å²) in [4.78, 5) is 14.4. The Labute approximate surface area is 122 Å². The summed E-state index contributed by atoms with van der Waals surface area (Å²) in [5.74, 6) is 1.12. The summed E-state index contributed by atoms with van der Waals surface area (Å²) in [5.41, 5.74) is -0.318. The normalized spacial score (nSPS) is 32.9. The van der Waals surface area contributed by atoms with E-state index in [0.29, 0.717) is 5.92 Å². The van der Waals surface area contributed by atoms with E-state index < -0.39 is 0 Å². The molecule has 0 aromatic heterocycles. The second kappa shape index (κ2) is 6.91. The molecule has 19 heavy (non-hydrogen) atoms. The fraction of sp³-hybridized carbons (Fsp3) is 0.929. The molecule has 0 amide bonds. The van der Waals surface area contributed by atoms with Gasteiger partial charge in [0.25, 0.3) is 0 Å². The molecule has 0 bridgehead atoms. The molecule has 2 aliphatic rings. The standard InChI is InChI=1S/C14H26N2O2.ClH/c1-11-8-16(9-12-4-6-15-7-5-12)10-14(11,2)13(17)18-3;/h11-12,15H,4-10H2,1-3H3;1H/t11-,14-;/m1./s1. The molecule has 2 rings (SSSR count). The van der Waals surface area contributed by atoms with Crippen molar-refractivity contribution in [3.05, 3.63) is 0 Å². The molecule has 4 nitrogen and oxygen atoms in total. The number of ether oxygens (including phenoxy) is 1. The van der Waals surface area contributed by atoms with Crippen LogP contribution in [0.25, 0.3) is 0 Å². The van der Waals surface area contributed by atoms with Gasteiger partial charge in [0.05, 0.1) is 12.5 Å². The van der Waals surface area contributed by atoms with Crippen LogP contribution < -0.4 is 5.32 Å². The van der Waals surface area contributed by atoms with E-state index in [1.807, 2.05) is 6.92 Å². The molecule has 2 aliphatic heterocycles. The van der Waals surface area contributed by atoms with Crippen molar-refractivity contribution in [3.63, 3.8) is 0 Å². The summed E-state index contributed by atoms with van der Waals surface area (Å²) >= 11 is 0. The van der Waals surface area contributed by atoms with Crippen LogP contribution in [0.2, 0.25) is 0 Å². The van der Waals surface area contributed by atoms with Crippen LogP contribution in [-0.2, 0) is 9.53 Å². The quantitative estimate of drug-likeness (QED) is 0.801.